The highest BCUT2D eigenvalue weighted by Crippen LogP contribution is 2.38. The molecule has 0 atom stereocenters. The number of benzene rings is 6. The summed E-state index contributed by atoms with van der Waals surface area (Å²) in [5.74, 6) is -0.0706. The minimum Gasteiger partial charge on any atom is -0.354 e. The van der Waals surface area contributed by atoms with Gasteiger partial charge in [0, 0.05) is 13.1 Å². The second-order valence-electron chi connectivity index (χ2n) is 11.3. The molecule has 3 N–H and O–H groups in total. The topological polar surface area (TPSA) is 53.2 Å². The Bertz CT molecular complexity index is 1590. The van der Waals surface area contributed by atoms with Crippen molar-refractivity contribution in [3.63, 3.8) is 0 Å². The number of carbonyl (C=O) groups is 1. The molecule has 0 spiro atoms. The van der Waals surface area contributed by atoms with Crippen LogP contribution in [0.25, 0.3) is 0 Å². The van der Waals surface area contributed by atoms with E-state index in [9.17, 15) is 4.79 Å². The second kappa shape index (κ2) is 14.7. The Morgan fingerprint density at radius 2 is 0.630 bits per heavy atom. The Balaban J connectivity index is 1.23. The molecule has 0 aliphatic carbocycles. The first-order chi connectivity index (χ1) is 22.7. The van der Waals surface area contributed by atoms with E-state index < -0.39 is 11.1 Å². The van der Waals surface area contributed by atoms with E-state index in [-0.39, 0.29) is 12.5 Å². The van der Waals surface area contributed by atoms with E-state index in [0.717, 1.165) is 33.4 Å². The van der Waals surface area contributed by atoms with Gasteiger partial charge in [-0.1, -0.05) is 182 Å². The zero-order valence-corrected chi connectivity index (χ0v) is 25.9. The number of hydrogen-bond acceptors (Lipinski definition) is 3. The zero-order chi connectivity index (χ0) is 31.5. The number of amides is 1. The molecule has 4 nitrogen and oxygen atoms in total. The maximum absolute atomic E-state index is 13.5. The van der Waals surface area contributed by atoms with E-state index in [2.05, 4.69) is 125 Å². The van der Waals surface area contributed by atoms with E-state index in [4.69, 9.17) is 0 Å². The summed E-state index contributed by atoms with van der Waals surface area (Å²) in [5, 5.41) is 10.7. The summed E-state index contributed by atoms with van der Waals surface area (Å²) < 4.78 is 0. The number of nitrogens with one attached hydrogen (secondary N) is 3. The second-order valence-corrected chi connectivity index (χ2v) is 11.3. The maximum Gasteiger partial charge on any atom is 0.234 e. The molecule has 1 amide bonds. The largest absolute Gasteiger partial charge is 0.354 e. The molecule has 6 aromatic rings. The minimum absolute atomic E-state index is 0.0706. The highest BCUT2D eigenvalue weighted by Gasteiger charge is 2.37. The molecule has 0 aliphatic heterocycles. The molecule has 46 heavy (non-hydrogen) atoms. The van der Waals surface area contributed by atoms with Crippen molar-refractivity contribution >= 4 is 5.91 Å². The van der Waals surface area contributed by atoms with Crippen molar-refractivity contribution in [1.82, 2.24) is 16.0 Å². The van der Waals surface area contributed by atoms with E-state index in [1.807, 2.05) is 72.8 Å². The van der Waals surface area contributed by atoms with Crippen LogP contribution in [0, 0.1) is 0 Å². The summed E-state index contributed by atoms with van der Waals surface area (Å²) in [6.07, 6.45) is 0. The molecule has 0 saturated heterocycles. The van der Waals surface area contributed by atoms with Gasteiger partial charge in [-0.05, 0) is 33.4 Å². The fourth-order valence-electron chi connectivity index (χ4n) is 6.47. The van der Waals surface area contributed by atoms with Crippen LogP contribution < -0.4 is 16.0 Å². The first-order valence-corrected chi connectivity index (χ1v) is 15.8. The van der Waals surface area contributed by atoms with Gasteiger partial charge in [0.25, 0.3) is 0 Å². The minimum atomic E-state index is -0.706. The van der Waals surface area contributed by atoms with Crippen molar-refractivity contribution in [3.8, 4) is 0 Å². The Labute approximate surface area is 272 Å². The summed E-state index contributed by atoms with van der Waals surface area (Å²) in [6.45, 7) is 1.16. The van der Waals surface area contributed by atoms with Gasteiger partial charge >= 0.3 is 0 Å². The molecule has 4 heteroatoms. The molecular formula is C42H39N3O. The van der Waals surface area contributed by atoms with Crippen LogP contribution in [-0.4, -0.2) is 25.5 Å². The van der Waals surface area contributed by atoms with Gasteiger partial charge < -0.3 is 5.32 Å². The molecule has 0 fully saturated rings. The molecule has 228 valence electrons. The van der Waals surface area contributed by atoms with Crippen LogP contribution in [0.4, 0.5) is 0 Å². The summed E-state index contributed by atoms with van der Waals surface area (Å²) in [6, 6.07) is 62.5. The summed E-state index contributed by atoms with van der Waals surface area (Å²) in [5.41, 5.74) is 5.33. The molecule has 0 saturated carbocycles. The summed E-state index contributed by atoms with van der Waals surface area (Å²) in [4.78, 5) is 13.5. The molecular weight excluding hydrogens is 565 g/mol. The van der Waals surface area contributed by atoms with Gasteiger partial charge in [-0.15, -0.1) is 0 Å². The molecule has 0 heterocycles. The SMILES string of the molecule is O=C(C[15NH]C(c1ccccc1)(c1ccccc1)c1ccccc1)[15NH]CC[15NH]C(c1ccccc1)(c1ccccc1)c1ccccc1. The number of hydrogen-bond donors (Lipinski definition) is 3. The lowest BCUT2D eigenvalue weighted by Gasteiger charge is -2.37. The lowest BCUT2D eigenvalue weighted by atomic mass is 9.79. The van der Waals surface area contributed by atoms with Crippen LogP contribution in [-0.2, 0) is 15.9 Å². The quantitative estimate of drug-likeness (QED) is 0.0739. The van der Waals surface area contributed by atoms with Crippen molar-refractivity contribution in [2.24, 2.45) is 0 Å². The van der Waals surface area contributed by atoms with Gasteiger partial charge in [0.2, 0.25) is 5.91 Å². The number of carbonyl (C=O) groups excluding carboxylic acids is 1. The third-order valence-electron chi connectivity index (χ3n) is 8.59. The van der Waals surface area contributed by atoms with Gasteiger partial charge in [0.05, 0.1) is 17.6 Å². The highest BCUT2D eigenvalue weighted by atomic mass is 16.2. The van der Waals surface area contributed by atoms with Gasteiger partial charge in [-0.25, -0.2) is 0 Å². The Hall–Kier alpha value is -5.29. The first-order valence-electron chi connectivity index (χ1n) is 15.8. The van der Waals surface area contributed by atoms with Gasteiger partial charge in [0.15, 0.2) is 0 Å². The van der Waals surface area contributed by atoms with E-state index >= 15 is 0 Å². The van der Waals surface area contributed by atoms with Crippen molar-refractivity contribution in [2.45, 2.75) is 11.1 Å². The van der Waals surface area contributed by atoms with Gasteiger partial charge in [0.1, 0.15) is 0 Å². The normalized spacial score (nSPS) is 11.6. The molecule has 0 bridgehead atoms. The lowest BCUT2D eigenvalue weighted by molar-refractivity contribution is -0.120. The standard InChI is InChI=1S/C42H39N3O/c46-40(33-45-42(37-25-13-4-14-26-37,38-27-15-5-16-28-38)39-29-17-6-18-30-39)43-31-32-44-41(34-19-7-1-8-20-34,35-21-9-2-10-22-35)36-23-11-3-12-24-36/h1-30,44-45H,31-33H2,(H,43,46)/i43+1,44+1,45+1. The van der Waals surface area contributed by atoms with Crippen molar-refractivity contribution < 1.29 is 4.79 Å². The fraction of sp³-hybridized carbons (Fsp3) is 0.119. The predicted octanol–water partition coefficient (Wildman–Crippen LogP) is 7.27. The van der Waals surface area contributed by atoms with Crippen LogP contribution >= 0.6 is 0 Å². The Kier molecular flexibility index (Phi) is 9.79. The van der Waals surface area contributed by atoms with Gasteiger partial charge in [-0.2, -0.15) is 0 Å². The molecule has 6 rings (SSSR count). The van der Waals surface area contributed by atoms with Crippen LogP contribution in [0.3, 0.4) is 0 Å². The third-order valence-corrected chi connectivity index (χ3v) is 8.59. The predicted molar refractivity (Wildman–Crippen MR) is 187 cm³/mol. The van der Waals surface area contributed by atoms with Crippen molar-refractivity contribution in [2.75, 3.05) is 19.6 Å². The van der Waals surface area contributed by atoms with Crippen molar-refractivity contribution in [1.29, 1.82) is 0 Å². The average molecular weight is 605 g/mol. The monoisotopic (exact) mass is 604 g/mol. The lowest BCUT2D eigenvalue weighted by Crippen LogP contribution is -2.50. The van der Waals surface area contributed by atoms with Crippen LogP contribution in [0.1, 0.15) is 33.4 Å². The van der Waals surface area contributed by atoms with Crippen LogP contribution in [0.15, 0.2) is 182 Å². The smallest absolute Gasteiger partial charge is 0.234 e. The zero-order valence-electron chi connectivity index (χ0n) is 25.9. The molecule has 0 aromatic heterocycles. The number of rotatable bonds is 13. The molecule has 0 aliphatic rings. The van der Waals surface area contributed by atoms with Crippen LogP contribution in [0.5, 0.6) is 0 Å². The van der Waals surface area contributed by atoms with Gasteiger partial charge in [-0.3, -0.25) is 15.4 Å². The molecule has 0 unspecified atom stereocenters. The average Bonchev–Trinajstić information content (AvgIpc) is 3.14. The van der Waals surface area contributed by atoms with E-state index in [1.165, 1.54) is 0 Å². The fourth-order valence-corrected chi connectivity index (χ4v) is 6.47. The third kappa shape index (κ3) is 6.40. The molecule has 6 aromatic carbocycles. The first kappa shape index (κ1) is 30.7. The van der Waals surface area contributed by atoms with Crippen molar-refractivity contribution in [3.05, 3.63) is 215 Å². The highest BCUT2D eigenvalue weighted by molar-refractivity contribution is 5.78. The van der Waals surface area contributed by atoms with Crippen LogP contribution in [0.2, 0.25) is 0 Å². The maximum atomic E-state index is 13.5. The van der Waals surface area contributed by atoms with E-state index in [0.29, 0.717) is 13.1 Å². The van der Waals surface area contributed by atoms with E-state index in [1.54, 1.807) is 0 Å². The Morgan fingerprint density at radius 3 is 0.913 bits per heavy atom. The molecule has 0 radical (unpaired) electrons. The summed E-state index contributed by atoms with van der Waals surface area (Å²) >= 11 is 0. The Morgan fingerprint density at radius 1 is 0.370 bits per heavy atom. The summed E-state index contributed by atoms with van der Waals surface area (Å²) in [7, 11) is 0.